The van der Waals surface area contributed by atoms with Gasteiger partial charge in [0.2, 0.25) is 0 Å². The van der Waals surface area contributed by atoms with Gasteiger partial charge in [0.15, 0.2) is 0 Å². The van der Waals surface area contributed by atoms with Crippen molar-refractivity contribution in [2.75, 3.05) is 38.8 Å². The van der Waals surface area contributed by atoms with Crippen LogP contribution in [0, 0.1) is 11.8 Å². The Hall–Kier alpha value is -2.21. The molecule has 37 heavy (non-hydrogen) atoms. The number of rotatable bonds is 22. The van der Waals surface area contributed by atoms with Gasteiger partial charge in [-0.05, 0) is 64.7 Å². The van der Waals surface area contributed by atoms with Gasteiger partial charge in [-0.1, -0.05) is 39.8 Å². The summed E-state index contributed by atoms with van der Waals surface area (Å²) in [7, 11) is 0.877. The molecule has 0 aliphatic rings. The van der Waals surface area contributed by atoms with Crippen molar-refractivity contribution in [2.45, 2.75) is 79.1 Å². The van der Waals surface area contributed by atoms with Crippen LogP contribution in [0.2, 0.25) is 0 Å². The van der Waals surface area contributed by atoms with Crippen LogP contribution in [0.15, 0.2) is 24.3 Å². The molecule has 0 aromatic heterocycles. The highest BCUT2D eigenvalue weighted by Gasteiger charge is 2.19. The molecule has 0 rings (SSSR count). The minimum absolute atomic E-state index is 0.0438. The van der Waals surface area contributed by atoms with Crippen LogP contribution in [-0.4, -0.2) is 62.6 Å². The summed E-state index contributed by atoms with van der Waals surface area (Å²) in [5, 5.41) is 0. The highest BCUT2D eigenvalue weighted by Crippen LogP contribution is 2.21. The molecule has 0 N–H and O–H groups in total. The number of esters is 4. The standard InChI is InChI=1S/C28H47O8P/c1-7-23(27(31)35-17-15-33-25(29)21(3)4)13-9-11-19-37-20-12-10-14-24(8-2)28(32)36-18-16-34-26(30)22(5)6/h23-24,37H,3,5,7-20H2,1-2,4,6H3. The quantitative estimate of drug-likeness (QED) is 0.0590. The minimum Gasteiger partial charge on any atom is -0.462 e. The Kier molecular flexibility index (Phi) is 20.5. The molecule has 0 heterocycles. The van der Waals surface area contributed by atoms with Crippen LogP contribution in [0.1, 0.15) is 79.1 Å². The van der Waals surface area contributed by atoms with Crippen LogP contribution >= 0.6 is 8.58 Å². The highest BCUT2D eigenvalue weighted by atomic mass is 31.1. The molecule has 0 fully saturated rings. The van der Waals surface area contributed by atoms with Crippen molar-refractivity contribution in [1.82, 2.24) is 0 Å². The Balaban J connectivity index is 3.85. The third-order valence-electron chi connectivity index (χ3n) is 5.78. The molecule has 0 aliphatic heterocycles. The van der Waals surface area contributed by atoms with Crippen LogP contribution in [0.4, 0.5) is 0 Å². The molecule has 0 bridgehead atoms. The first-order chi connectivity index (χ1) is 17.6. The SMILES string of the molecule is C=C(C)C(=O)OCCOC(=O)C(CC)CCCCPCCCCC(CC)C(=O)OCCOC(=O)C(=C)C. The summed E-state index contributed by atoms with van der Waals surface area (Å²) in [6.07, 6.45) is 9.48. The molecule has 0 aromatic rings. The first-order valence-corrected chi connectivity index (χ1v) is 14.7. The first kappa shape index (κ1) is 34.8. The number of unbranched alkanes of at least 4 members (excludes halogenated alkanes) is 2. The summed E-state index contributed by atoms with van der Waals surface area (Å²) in [5.41, 5.74) is 0.640. The van der Waals surface area contributed by atoms with E-state index in [2.05, 4.69) is 13.2 Å². The summed E-state index contributed by atoms with van der Waals surface area (Å²) < 4.78 is 20.3. The Labute approximate surface area is 224 Å². The molecular weight excluding hydrogens is 495 g/mol. The molecule has 0 spiro atoms. The summed E-state index contributed by atoms with van der Waals surface area (Å²) in [6, 6.07) is 0. The van der Waals surface area contributed by atoms with Crippen LogP contribution in [0.25, 0.3) is 0 Å². The van der Waals surface area contributed by atoms with Gasteiger partial charge in [-0.15, -0.1) is 8.58 Å². The van der Waals surface area contributed by atoms with Crippen molar-refractivity contribution >= 4 is 32.5 Å². The lowest BCUT2D eigenvalue weighted by molar-refractivity contribution is -0.154. The monoisotopic (exact) mass is 542 g/mol. The van der Waals surface area contributed by atoms with E-state index in [0.717, 1.165) is 72.3 Å². The minimum atomic E-state index is -0.479. The maximum absolute atomic E-state index is 12.2. The van der Waals surface area contributed by atoms with Gasteiger partial charge in [0.05, 0.1) is 11.8 Å². The van der Waals surface area contributed by atoms with E-state index in [0.29, 0.717) is 11.1 Å². The van der Waals surface area contributed by atoms with Crippen molar-refractivity contribution in [1.29, 1.82) is 0 Å². The molecule has 9 heteroatoms. The largest absolute Gasteiger partial charge is 0.462 e. The molecule has 0 saturated heterocycles. The molecule has 2 atom stereocenters. The molecule has 0 amide bonds. The molecule has 8 nitrogen and oxygen atoms in total. The smallest absolute Gasteiger partial charge is 0.333 e. The number of ether oxygens (including phenoxy) is 4. The predicted octanol–water partition coefficient (Wildman–Crippen LogP) is 5.38. The van der Waals surface area contributed by atoms with E-state index >= 15 is 0 Å². The van der Waals surface area contributed by atoms with E-state index < -0.39 is 11.9 Å². The lowest BCUT2D eigenvalue weighted by Gasteiger charge is -2.14. The Morgan fingerprint density at radius 3 is 1.30 bits per heavy atom. The number of carbonyl (C=O) groups is 4. The molecule has 2 unspecified atom stereocenters. The molecule has 0 aromatic carbocycles. The first-order valence-electron chi connectivity index (χ1n) is 13.3. The maximum Gasteiger partial charge on any atom is 0.333 e. The fourth-order valence-corrected chi connectivity index (χ4v) is 4.67. The Morgan fingerprint density at radius 1 is 0.622 bits per heavy atom. The number of hydrogen-bond acceptors (Lipinski definition) is 8. The second-order valence-electron chi connectivity index (χ2n) is 9.12. The predicted molar refractivity (Wildman–Crippen MR) is 147 cm³/mol. The molecule has 0 radical (unpaired) electrons. The van der Waals surface area contributed by atoms with Gasteiger partial charge in [-0.2, -0.15) is 0 Å². The second kappa shape index (κ2) is 21.8. The molecule has 212 valence electrons. The zero-order chi connectivity index (χ0) is 28.1. The fourth-order valence-electron chi connectivity index (χ4n) is 3.42. The summed E-state index contributed by atoms with van der Waals surface area (Å²) in [6.45, 7) is 14.3. The zero-order valence-corrected chi connectivity index (χ0v) is 24.2. The van der Waals surface area contributed by atoms with Gasteiger partial charge >= 0.3 is 23.9 Å². The van der Waals surface area contributed by atoms with Crippen LogP contribution in [-0.2, 0) is 38.1 Å². The lowest BCUT2D eigenvalue weighted by Crippen LogP contribution is -2.20. The van der Waals surface area contributed by atoms with Gasteiger partial charge in [0.25, 0.3) is 0 Å². The van der Waals surface area contributed by atoms with Crippen molar-refractivity contribution in [3.63, 3.8) is 0 Å². The Bertz CT molecular complexity index is 674. The maximum atomic E-state index is 12.2. The Morgan fingerprint density at radius 2 is 0.973 bits per heavy atom. The fraction of sp³-hybridized carbons (Fsp3) is 0.714. The lowest BCUT2D eigenvalue weighted by atomic mass is 10.00. The summed E-state index contributed by atoms with van der Waals surface area (Å²) in [4.78, 5) is 47.1. The molecular formula is C28H47O8P. The highest BCUT2D eigenvalue weighted by molar-refractivity contribution is 7.37. The zero-order valence-electron chi connectivity index (χ0n) is 23.2. The normalized spacial score (nSPS) is 12.5. The van der Waals surface area contributed by atoms with E-state index in [9.17, 15) is 19.2 Å². The van der Waals surface area contributed by atoms with E-state index in [1.807, 2.05) is 13.8 Å². The number of hydrogen-bond donors (Lipinski definition) is 0. The van der Waals surface area contributed by atoms with Gasteiger partial charge in [-0.25, -0.2) is 9.59 Å². The van der Waals surface area contributed by atoms with E-state index in [-0.39, 0.29) is 50.2 Å². The van der Waals surface area contributed by atoms with Crippen LogP contribution < -0.4 is 0 Å². The van der Waals surface area contributed by atoms with Crippen molar-refractivity contribution in [3.8, 4) is 0 Å². The van der Waals surface area contributed by atoms with Gasteiger partial charge in [-0.3, -0.25) is 9.59 Å². The summed E-state index contributed by atoms with van der Waals surface area (Å²) >= 11 is 0. The third-order valence-corrected chi connectivity index (χ3v) is 7.20. The van der Waals surface area contributed by atoms with Gasteiger partial charge in [0, 0.05) is 11.1 Å². The average molecular weight is 543 g/mol. The van der Waals surface area contributed by atoms with Crippen LogP contribution in [0.3, 0.4) is 0 Å². The molecule has 0 aliphatic carbocycles. The average Bonchev–Trinajstić information content (AvgIpc) is 2.87. The van der Waals surface area contributed by atoms with Crippen LogP contribution in [0.5, 0.6) is 0 Å². The number of carbonyl (C=O) groups excluding carboxylic acids is 4. The van der Waals surface area contributed by atoms with E-state index in [4.69, 9.17) is 18.9 Å². The third kappa shape index (κ3) is 17.8. The van der Waals surface area contributed by atoms with Crippen molar-refractivity contribution < 1.29 is 38.1 Å². The molecule has 0 saturated carbocycles. The van der Waals surface area contributed by atoms with E-state index in [1.165, 1.54) is 0 Å². The second-order valence-corrected chi connectivity index (χ2v) is 10.6. The van der Waals surface area contributed by atoms with Gasteiger partial charge < -0.3 is 18.9 Å². The topological polar surface area (TPSA) is 105 Å². The van der Waals surface area contributed by atoms with Gasteiger partial charge in [0.1, 0.15) is 26.4 Å². The van der Waals surface area contributed by atoms with Crippen molar-refractivity contribution in [2.24, 2.45) is 11.8 Å². The summed E-state index contributed by atoms with van der Waals surface area (Å²) in [5.74, 6) is -1.66. The van der Waals surface area contributed by atoms with Crippen molar-refractivity contribution in [3.05, 3.63) is 24.3 Å². The van der Waals surface area contributed by atoms with E-state index in [1.54, 1.807) is 13.8 Å².